The summed E-state index contributed by atoms with van der Waals surface area (Å²) in [5, 5.41) is 0. The van der Waals surface area contributed by atoms with Gasteiger partial charge in [-0.3, -0.25) is 4.79 Å². The number of rotatable bonds is 9. The van der Waals surface area contributed by atoms with E-state index in [1.165, 1.54) is 5.56 Å². The lowest BCUT2D eigenvalue weighted by Crippen LogP contribution is -2.21. The van der Waals surface area contributed by atoms with Crippen molar-refractivity contribution in [3.63, 3.8) is 0 Å². The minimum atomic E-state index is 0.213. The highest BCUT2D eigenvalue weighted by Crippen LogP contribution is 2.03. The molecule has 0 saturated heterocycles. The Morgan fingerprint density at radius 2 is 1.79 bits per heavy atom. The first-order valence-electron chi connectivity index (χ1n) is 7.02. The zero-order valence-electron chi connectivity index (χ0n) is 12.1. The number of unbranched alkanes of at least 4 members (excludes halogenated alkanes) is 2. The average Bonchev–Trinajstić information content (AvgIpc) is 2.42. The number of carbonyl (C=O) groups excluding carboxylic acids is 1. The van der Waals surface area contributed by atoms with Gasteiger partial charge in [0, 0.05) is 27.1 Å². The van der Waals surface area contributed by atoms with Gasteiger partial charge in [0.05, 0.1) is 6.61 Å². The van der Waals surface area contributed by atoms with Crippen LogP contribution in [-0.2, 0) is 16.0 Å². The molecule has 0 spiro atoms. The SMILES string of the molecule is CN(C)C(=O)CCCCCOCCc1ccccc1. The van der Waals surface area contributed by atoms with Crippen LogP contribution in [0.4, 0.5) is 0 Å². The Hall–Kier alpha value is -1.35. The first kappa shape index (κ1) is 15.7. The molecular weight excluding hydrogens is 238 g/mol. The molecule has 3 nitrogen and oxygen atoms in total. The fraction of sp³-hybridized carbons (Fsp3) is 0.562. The molecule has 0 atom stereocenters. The van der Waals surface area contributed by atoms with Gasteiger partial charge in [-0.2, -0.15) is 0 Å². The van der Waals surface area contributed by atoms with E-state index in [0.29, 0.717) is 6.42 Å². The van der Waals surface area contributed by atoms with E-state index in [-0.39, 0.29) is 5.91 Å². The molecule has 0 N–H and O–H groups in total. The van der Waals surface area contributed by atoms with E-state index in [1.807, 2.05) is 6.07 Å². The minimum absolute atomic E-state index is 0.213. The number of benzene rings is 1. The second kappa shape index (κ2) is 9.56. The highest BCUT2D eigenvalue weighted by atomic mass is 16.5. The van der Waals surface area contributed by atoms with Crippen LogP contribution in [0.15, 0.2) is 30.3 Å². The normalized spacial score (nSPS) is 10.4. The third-order valence-corrected chi connectivity index (χ3v) is 3.06. The van der Waals surface area contributed by atoms with E-state index in [1.54, 1.807) is 19.0 Å². The summed E-state index contributed by atoms with van der Waals surface area (Å²) in [5.74, 6) is 0.213. The van der Waals surface area contributed by atoms with Gasteiger partial charge in [0.1, 0.15) is 0 Å². The Kier molecular flexibility index (Phi) is 7.91. The van der Waals surface area contributed by atoms with Crippen LogP contribution in [0.5, 0.6) is 0 Å². The molecule has 0 saturated carbocycles. The molecule has 0 bridgehead atoms. The zero-order valence-corrected chi connectivity index (χ0v) is 12.1. The van der Waals surface area contributed by atoms with Crippen LogP contribution < -0.4 is 0 Å². The van der Waals surface area contributed by atoms with Crippen molar-refractivity contribution in [2.75, 3.05) is 27.3 Å². The van der Waals surface area contributed by atoms with E-state index in [9.17, 15) is 4.79 Å². The van der Waals surface area contributed by atoms with Crippen molar-refractivity contribution in [1.82, 2.24) is 4.90 Å². The zero-order chi connectivity index (χ0) is 13.9. The monoisotopic (exact) mass is 263 g/mol. The highest BCUT2D eigenvalue weighted by molar-refractivity contribution is 5.75. The summed E-state index contributed by atoms with van der Waals surface area (Å²) < 4.78 is 5.60. The first-order valence-corrected chi connectivity index (χ1v) is 7.02. The maximum Gasteiger partial charge on any atom is 0.222 e. The van der Waals surface area contributed by atoms with E-state index in [0.717, 1.165) is 38.9 Å². The van der Waals surface area contributed by atoms with Gasteiger partial charge in [0.2, 0.25) is 5.91 Å². The molecule has 0 aliphatic heterocycles. The number of amides is 1. The molecule has 106 valence electrons. The molecular formula is C16H25NO2. The lowest BCUT2D eigenvalue weighted by Gasteiger charge is -2.09. The van der Waals surface area contributed by atoms with Gasteiger partial charge in [-0.1, -0.05) is 36.8 Å². The van der Waals surface area contributed by atoms with Gasteiger partial charge in [0.25, 0.3) is 0 Å². The predicted molar refractivity (Wildman–Crippen MR) is 78.1 cm³/mol. The largest absolute Gasteiger partial charge is 0.381 e. The van der Waals surface area contributed by atoms with E-state index < -0.39 is 0 Å². The Morgan fingerprint density at radius 3 is 2.47 bits per heavy atom. The van der Waals surface area contributed by atoms with Crippen molar-refractivity contribution < 1.29 is 9.53 Å². The Bertz CT molecular complexity index is 349. The maximum absolute atomic E-state index is 11.3. The molecule has 19 heavy (non-hydrogen) atoms. The van der Waals surface area contributed by atoms with E-state index >= 15 is 0 Å². The summed E-state index contributed by atoms with van der Waals surface area (Å²) in [6, 6.07) is 10.4. The van der Waals surface area contributed by atoms with E-state index in [4.69, 9.17) is 4.74 Å². The quantitative estimate of drug-likeness (QED) is 0.641. The number of ether oxygens (including phenoxy) is 1. The van der Waals surface area contributed by atoms with Crippen LogP contribution in [0.3, 0.4) is 0 Å². The third-order valence-electron chi connectivity index (χ3n) is 3.06. The van der Waals surface area contributed by atoms with Gasteiger partial charge in [-0.05, 0) is 24.8 Å². The van der Waals surface area contributed by atoms with Crippen molar-refractivity contribution in [3.8, 4) is 0 Å². The lowest BCUT2D eigenvalue weighted by molar-refractivity contribution is -0.128. The fourth-order valence-corrected chi connectivity index (χ4v) is 1.82. The van der Waals surface area contributed by atoms with Crippen molar-refractivity contribution in [1.29, 1.82) is 0 Å². The third kappa shape index (κ3) is 7.62. The Balaban J connectivity index is 1.90. The standard InChI is InChI=1S/C16H25NO2/c1-17(2)16(18)11-7-4-8-13-19-14-12-15-9-5-3-6-10-15/h3,5-6,9-10H,4,7-8,11-14H2,1-2H3. The molecule has 1 aromatic carbocycles. The Morgan fingerprint density at radius 1 is 1.05 bits per heavy atom. The van der Waals surface area contributed by atoms with Crippen molar-refractivity contribution in [3.05, 3.63) is 35.9 Å². The fourth-order valence-electron chi connectivity index (χ4n) is 1.82. The number of nitrogens with zero attached hydrogens (tertiary/aromatic N) is 1. The predicted octanol–water partition coefficient (Wildman–Crippen LogP) is 2.89. The second-order valence-corrected chi connectivity index (χ2v) is 4.95. The second-order valence-electron chi connectivity index (χ2n) is 4.95. The van der Waals surface area contributed by atoms with Crippen LogP contribution in [0, 0.1) is 0 Å². The summed E-state index contributed by atoms with van der Waals surface area (Å²) in [6.07, 6.45) is 4.68. The summed E-state index contributed by atoms with van der Waals surface area (Å²) >= 11 is 0. The molecule has 1 aromatic rings. The number of hydrogen-bond donors (Lipinski definition) is 0. The first-order chi connectivity index (χ1) is 9.20. The molecule has 1 rings (SSSR count). The van der Waals surface area contributed by atoms with Gasteiger partial charge < -0.3 is 9.64 Å². The Labute approximate surface area is 116 Å². The summed E-state index contributed by atoms with van der Waals surface area (Å²) in [6.45, 7) is 1.57. The molecule has 0 unspecified atom stereocenters. The highest BCUT2D eigenvalue weighted by Gasteiger charge is 2.02. The summed E-state index contributed by atoms with van der Waals surface area (Å²) in [7, 11) is 3.60. The summed E-state index contributed by atoms with van der Waals surface area (Å²) in [5.41, 5.74) is 1.32. The van der Waals surface area contributed by atoms with Crippen molar-refractivity contribution >= 4 is 5.91 Å². The lowest BCUT2D eigenvalue weighted by atomic mass is 10.2. The van der Waals surface area contributed by atoms with E-state index in [2.05, 4.69) is 24.3 Å². The molecule has 0 aliphatic rings. The molecule has 0 heterocycles. The van der Waals surface area contributed by atoms with Crippen LogP contribution in [0.2, 0.25) is 0 Å². The topological polar surface area (TPSA) is 29.5 Å². The minimum Gasteiger partial charge on any atom is -0.381 e. The van der Waals surface area contributed by atoms with Gasteiger partial charge in [-0.15, -0.1) is 0 Å². The number of carbonyl (C=O) groups is 1. The van der Waals surface area contributed by atoms with Gasteiger partial charge in [-0.25, -0.2) is 0 Å². The van der Waals surface area contributed by atoms with Crippen LogP contribution in [0.1, 0.15) is 31.2 Å². The van der Waals surface area contributed by atoms with Crippen molar-refractivity contribution in [2.45, 2.75) is 32.1 Å². The molecule has 3 heteroatoms. The maximum atomic E-state index is 11.3. The average molecular weight is 263 g/mol. The van der Waals surface area contributed by atoms with Gasteiger partial charge >= 0.3 is 0 Å². The molecule has 0 aliphatic carbocycles. The number of hydrogen-bond acceptors (Lipinski definition) is 2. The van der Waals surface area contributed by atoms with Crippen LogP contribution >= 0.6 is 0 Å². The van der Waals surface area contributed by atoms with Crippen LogP contribution in [-0.4, -0.2) is 38.1 Å². The molecule has 0 aromatic heterocycles. The van der Waals surface area contributed by atoms with Gasteiger partial charge in [0.15, 0.2) is 0 Å². The van der Waals surface area contributed by atoms with Crippen LogP contribution in [0.25, 0.3) is 0 Å². The molecule has 0 radical (unpaired) electrons. The summed E-state index contributed by atoms with van der Waals surface area (Å²) in [4.78, 5) is 13.0. The van der Waals surface area contributed by atoms with Crippen molar-refractivity contribution in [2.24, 2.45) is 0 Å². The molecule has 1 amide bonds. The molecule has 0 fully saturated rings. The smallest absolute Gasteiger partial charge is 0.222 e.